The molecule has 5 heteroatoms. The number of para-hydroxylation sites is 1. The maximum atomic E-state index is 6.03. The number of nitrogens with zero attached hydrogens (tertiary/aromatic N) is 1. The van der Waals surface area contributed by atoms with Gasteiger partial charge in [-0.25, -0.2) is 4.98 Å². The first-order valence-corrected chi connectivity index (χ1v) is 6.01. The Kier molecular flexibility index (Phi) is 2.65. The maximum absolute atomic E-state index is 6.03. The van der Waals surface area contributed by atoms with E-state index in [9.17, 15) is 0 Å². The normalized spacial score (nSPS) is 11.0. The van der Waals surface area contributed by atoms with E-state index in [-0.39, 0.29) is 0 Å². The average Bonchev–Trinajstić information content (AvgIpc) is 2.78. The number of hydrogen-bond acceptors (Lipinski definition) is 3. The van der Waals surface area contributed by atoms with Crippen LogP contribution in [0.4, 0.5) is 5.69 Å². The summed E-state index contributed by atoms with van der Waals surface area (Å²) >= 11 is 11.9. The molecule has 3 aromatic rings. The van der Waals surface area contributed by atoms with Crippen molar-refractivity contribution >= 4 is 40.0 Å². The molecule has 90 valence electrons. The van der Waals surface area contributed by atoms with Gasteiger partial charge in [0, 0.05) is 5.56 Å². The van der Waals surface area contributed by atoms with E-state index < -0.39 is 0 Å². The quantitative estimate of drug-likeness (QED) is 0.672. The van der Waals surface area contributed by atoms with E-state index >= 15 is 0 Å². The van der Waals surface area contributed by atoms with Gasteiger partial charge in [0.2, 0.25) is 5.89 Å². The summed E-state index contributed by atoms with van der Waals surface area (Å²) in [6.45, 7) is 0. The Labute approximate surface area is 113 Å². The van der Waals surface area contributed by atoms with Crippen LogP contribution in [0, 0.1) is 0 Å². The van der Waals surface area contributed by atoms with Crippen molar-refractivity contribution in [1.82, 2.24) is 4.98 Å². The minimum atomic E-state index is 0.474. The lowest BCUT2D eigenvalue weighted by Crippen LogP contribution is -1.87. The Morgan fingerprint density at radius 2 is 1.89 bits per heavy atom. The summed E-state index contributed by atoms with van der Waals surface area (Å²) in [7, 11) is 0. The molecule has 0 saturated heterocycles. The predicted molar refractivity (Wildman–Crippen MR) is 73.9 cm³/mol. The maximum Gasteiger partial charge on any atom is 0.227 e. The third kappa shape index (κ3) is 1.82. The average molecular weight is 279 g/mol. The number of rotatable bonds is 1. The van der Waals surface area contributed by atoms with Gasteiger partial charge in [-0.2, -0.15) is 0 Å². The number of nitrogens with two attached hydrogens (primary N) is 1. The summed E-state index contributed by atoms with van der Waals surface area (Å²) in [6, 6.07) is 10.7. The molecule has 0 unspecified atom stereocenters. The SMILES string of the molecule is Nc1cc(-c2nc3cccc(Cl)c3o2)ccc1Cl. The van der Waals surface area contributed by atoms with Gasteiger partial charge < -0.3 is 10.2 Å². The molecule has 0 spiro atoms. The molecule has 0 saturated carbocycles. The summed E-state index contributed by atoms with van der Waals surface area (Å²) in [5.74, 6) is 0.474. The Bertz CT molecular complexity index is 737. The fourth-order valence-corrected chi connectivity index (χ4v) is 2.04. The van der Waals surface area contributed by atoms with Crippen molar-refractivity contribution in [2.24, 2.45) is 0 Å². The summed E-state index contributed by atoms with van der Waals surface area (Å²) in [5.41, 5.74) is 8.30. The van der Waals surface area contributed by atoms with Crippen molar-refractivity contribution in [1.29, 1.82) is 0 Å². The molecule has 0 radical (unpaired) electrons. The highest BCUT2D eigenvalue weighted by Gasteiger charge is 2.11. The van der Waals surface area contributed by atoms with Crippen LogP contribution in [-0.4, -0.2) is 4.98 Å². The number of benzene rings is 2. The first kappa shape index (κ1) is 11.4. The van der Waals surface area contributed by atoms with Gasteiger partial charge in [0.1, 0.15) is 5.52 Å². The van der Waals surface area contributed by atoms with Gasteiger partial charge >= 0.3 is 0 Å². The second-order valence-electron chi connectivity index (χ2n) is 3.84. The molecule has 0 aliphatic rings. The van der Waals surface area contributed by atoms with Crippen molar-refractivity contribution in [3.8, 4) is 11.5 Å². The molecule has 0 atom stereocenters. The van der Waals surface area contributed by atoms with Crippen molar-refractivity contribution in [3.63, 3.8) is 0 Å². The number of nitrogen functional groups attached to an aromatic ring is 1. The smallest absolute Gasteiger partial charge is 0.227 e. The van der Waals surface area contributed by atoms with E-state index in [0.29, 0.717) is 32.7 Å². The molecular weight excluding hydrogens is 271 g/mol. The van der Waals surface area contributed by atoms with E-state index in [1.165, 1.54) is 0 Å². The zero-order valence-corrected chi connectivity index (χ0v) is 10.7. The Hall–Kier alpha value is -1.71. The number of aromatic nitrogens is 1. The van der Waals surface area contributed by atoms with Gasteiger partial charge in [-0.15, -0.1) is 0 Å². The van der Waals surface area contributed by atoms with Gasteiger partial charge in [-0.1, -0.05) is 29.3 Å². The largest absolute Gasteiger partial charge is 0.435 e. The Morgan fingerprint density at radius 3 is 2.61 bits per heavy atom. The van der Waals surface area contributed by atoms with Crippen LogP contribution >= 0.6 is 23.2 Å². The predicted octanol–water partition coefficient (Wildman–Crippen LogP) is 4.38. The molecule has 0 bridgehead atoms. The number of oxazole rings is 1. The molecule has 18 heavy (non-hydrogen) atoms. The highest BCUT2D eigenvalue weighted by Crippen LogP contribution is 2.31. The van der Waals surface area contributed by atoms with Crippen molar-refractivity contribution < 1.29 is 4.42 Å². The second-order valence-corrected chi connectivity index (χ2v) is 4.66. The van der Waals surface area contributed by atoms with Crippen LogP contribution in [0.2, 0.25) is 10.0 Å². The van der Waals surface area contributed by atoms with Crippen LogP contribution in [0.25, 0.3) is 22.6 Å². The highest BCUT2D eigenvalue weighted by molar-refractivity contribution is 6.34. The van der Waals surface area contributed by atoms with Crippen LogP contribution in [0.15, 0.2) is 40.8 Å². The van der Waals surface area contributed by atoms with Crippen LogP contribution in [0.3, 0.4) is 0 Å². The summed E-state index contributed by atoms with van der Waals surface area (Å²) < 4.78 is 5.64. The molecule has 3 nitrogen and oxygen atoms in total. The van der Waals surface area contributed by atoms with E-state index in [1.807, 2.05) is 12.1 Å². The highest BCUT2D eigenvalue weighted by atomic mass is 35.5. The minimum Gasteiger partial charge on any atom is -0.435 e. The van der Waals surface area contributed by atoms with E-state index in [0.717, 1.165) is 5.56 Å². The van der Waals surface area contributed by atoms with Gasteiger partial charge in [-0.3, -0.25) is 0 Å². The van der Waals surface area contributed by atoms with Crippen molar-refractivity contribution in [2.75, 3.05) is 5.73 Å². The molecule has 2 N–H and O–H groups in total. The molecule has 0 amide bonds. The molecule has 0 aliphatic carbocycles. The fourth-order valence-electron chi connectivity index (χ4n) is 1.72. The zero-order valence-electron chi connectivity index (χ0n) is 9.15. The number of fused-ring (bicyclic) bond motifs is 1. The summed E-state index contributed by atoms with van der Waals surface area (Å²) in [4.78, 5) is 4.36. The van der Waals surface area contributed by atoms with Crippen LogP contribution in [0.5, 0.6) is 0 Å². The first-order valence-electron chi connectivity index (χ1n) is 5.25. The fraction of sp³-hybridized carbons (Fsp3) is 0. The zero-order chi connectivity index (χ0) is 12.7. The third-order valence-electron chi connectivity index (χ3n) is 2.61. The summed E-state index contributed by atoms with van der Waals surface area (Å²) in [5, 5.41) is 1.04. The molecule has 3 rings (SSSR count). The van der Waals surface area contributed by atoms with Gasteiger partial charge in [-0.05, 0) is 30.3 Å². The lowest BCUT2D eigenvalue weighted by Gasteiger charge is -1.99. The van der Waals surface area contributed by atoms with Crippen molar-refractivity contribution in [3.05, 3.63) is 46.4 Å². The topological polar surface area (TPSA) is 52.0 Å². The number of hydrogen-bond donors (Lipinski definition) is 1. The Morgan fingerprint density at radius 1 is 1.06 bits per heavy atom. The van der Waals surface area contributed by atoms with Crippen LogP contribution < -0.4 is 5.73 Å². The van der Waals surface area contributed by atoms with Crippen LogP contribution in [0.1, 0.15) is 0 Å². The Balaban J connectivity index is 2.19. The second kappa shape index (κ2) is 4.19. The summed E-state index contributed by atoms with van der Waals surface area (Å²) in [6.07, 6.45) is 0. The van der Waals surface area contributed by atoms with E-state index in [2.05, 4.69) is 4.98 Å². The molecular formula is C13H8Cl2N2O. The van der Waals surface area contributed by atoms with Crippen molar-refractivity contribution in [2.45, 2.75) is 0 Å². The lowest BCUT2D eigenvalue weighted by atomic mass is 10.2. The van der Waals surface area contributed by atoms with E-state index in [4.69, 9.17) is 33.4 Å². The van der Waals surface area contributed by atoms with Crippen LogP contribution in [-0.2, 0) is 0 Å². The number of halogens is 2. The third-order valence-corrected chi connectivity index (χ3v) is 3.25. The van der Waals surface area contributed by atoms with E-state index in [1.54, 1.807) is 24.3 Å². The molecule has 0 aliphatic heterocycles. The molecule has 0 fully saturated rings. The first-order chi connectivity index (χ1) is 8.65. The van der Waals surface area contributed by atoms with Gasteiger partial charge in [0.15, 0.2) is 5.58 Å². The van der Waals surface area contributed by atoms with Gasteiger partial charge in [0.25, 0.3) is 0 Å². The minimum absolute atomic E-state index is 0.474. The monoisotopic (exact) mass is 278 g/mol. The standard InChI is InChI=1S/C13H8Cl2N2O/c14-8-5-4-7(6-10(8)16)13-17-11-3-1-2-9(15)12(11)18-13/h1-6H,16H2. The molecule has 1 aromatic heterocycles. The lowest BCUT2D eigenvalue weighted by molar-refractivity contribution is 0.620. The van der Waals surface area contributed by atoms with Gasteiger partial charge in [0.05, 0.1) is 15.7 Å². The molecule has 1 heterocycles. The molecule has 2 aromatic carbocycles. The number of anilines is 1.